The number of hydrogen-bond acceptors (Lipinski definition) is 5. The molecular formula is C12H15F3N4O. The third-order valence-electron chi connectivity index (χ3n) is 3.92. The molecule has 0 radical (unpaired) electrons. The molecule has 0 bridgehead atoms. The van der Waals surface area contributed by atoms with Gasteiger partial charge in [0.25, 0.3) is 0 Å². The second-order valence-corrected chi connectivity index (χ2v) is 5.47. The lowest BCUT2D eigenvalue weighted by Crippen LogP contribution is -2.54. The van der Waals surface area contributed by atoms with Crippen LogP contribution in [-0.4, -0.2) is 47.7 Å². The van der Waals surface area contributed by atoms with Crippen LogP contribution in [-0.2, 0) is 0 Å². The van der Waals surface area contributed by atoms with E-state index in [1.807, 2.05) is 4.90 Å². The van der Waals surface area contributed by atoms with Crippen molar-refractivity contribution in [3.63, 3.8) is 0 Å². The molecule has 2 saturated heterocycles. The molecule has 0 aliphatic carbocycles. The Morgan fingerprint density at radius 3 is 2.70 bits per heavy atom. The second-order valence-electron chi connectivity index (χ2n) is 5.47. The minimum Gasteiger partial charge on any atom is -0.378 e. The number of aliphatic hydroxyl groups is 1. The smallest absolute Gasteiger partial charge is 0.378 e. The molecule has 1 aromatic heterocycles. The first kappa shape index (κ1) is 12.3. The fraction of sp³-hybridized carbons (Fsp3) is 0.667. The van der Waals surface area contributed by atoms with E-state index in [4.69, 9.17) is 6.52 Å². The number of nitrogens with zero attached hydrogens (tertiary/aromatic N) is 3. The van der Waals surface area contributed by atoms with E-state index in [1.165, 1.54) is 11.4 Å². The minimum absolute atomic E-state index is 0.105. The molecule has 20 heavy (non-hydrogen) atoms. The van der Waals surface area contributed by atoms with Crippen LogP contribution in [0.3, 0.4) is 0 Å². The first-order valence-corrected chi connectivity index (χ1v) is 6.36. The second kappa shape index (κ2) is 4.56. The molecule has 110 valence electrons. The Balaban J connectivity index is 1.68. The van der Waals surface area contributed by atoms with Crippen LogP contribution in [0, 0.1) is 5.41 Å². The Kier molecular flexibility index (Phi) is 2.81. The van der Waals surface area contributed by atoms with Crippen LogP contribution in [0.4, 0.5) is 19.0 Å². The molecule has 3 rings (SSSR count). The third kappa shape index (κ3) is 2.33. The van der Waals surface area contributed by atoms with Gasteiger partial charge >= 0.3 is 6.18 Å². The maximum absolute atomic E-state index is 12.4. The minimum atomic E-state index is -4.74. The topological polar surface area (TPSA) is 61.3 Å². The molecule has 0 amide bonds. The SMILES string of the molecule is [2H]N1CC2(CCN(c3ccc(C(O)C(F)(F)F)nn3)C2)C1. The van der Waals surface area contributed by atoms with E-state index >= 15 is 0 Å². The van der Waals surface area contributed by atoms with Crippen molar-refractivity contribution in [2.75, 3.05) is 31.1 Å². The van der Waals surface area contributed by atoms with Crippen LogP contribution in [0.5, 0.6) is 0 Å². The Morgan fingerprint density at radius 2 is 2.15 bits per heavy atom. The summed E-state index contributed by atoms with van der Waals surface area (Å²) in [5.41, 5.74) is -0.394. The largest absolute Gasteiger partial charge is 0.420 e. The Morgan fingerprint density at radius 1 is 1.40 bits per heavy atom. The summed E-state index contributed by atoms with van der Waals surface area (Å²) in [5.74, 6) is 0.508. The lowest BCUT2D eigenvalue weighted by Gasteiger charge is -2.39. The molecule has 2 aliphatic heterocycles. The van der Waals surface area contributed by atoms with Gasteiger partial charge in [-0.25, -0.2) is 0 Å². The van der Waals surface area contributed by atoms with Crippen molar-refractivity contribution in [3.8, 4) is 0 Å². The standard InChI is InChI=1S/C12H15F3N4O/c13-12(14,15)10(20)8-1-2-9(18-17-8)19-4-3-11(7-19)5-16-6-11/h1-2,10,16,20H,3-7H2/i/hD. The first-order valence-electron chi connectivity index (χ1n) is 6.81. The first-order chi connectivity index (χ1) is 9.79. The van der Waals surface area contributed by atoms with E-state index in [-0.39, 0.29) is 5.41 Å². The maximum atomic E-state index is 12.4. The van der Waals surface area contributed by atoms with Crippen LogP contribution in [0.15, 0.2) is 12.1 Å². The van der Waals surface area contributed by atoms with E-state index in [0.717, 1.165) is 25.6 Å². The molecule has 1 spiro atoms. The van der Waals surface area contributed by atoms with Gasteiger partial charge in [0.05, 0.1) is 0 Å². The number of rotatable bonds is 2. The monoisotopic (exact) mass is 289 g/mol. The Hall–Kier alpha value is -1.41. The predicted octanol–water partition coefficient (Wildman–Crippen LogP) is 0.872. The quantitative estimate of drug-likeness (QED) is 0.846. The van der Waals surface area contributed by atoms with Gasteiger partial charge in [-0.2, -0.15) is 18.3 Å². The number of hydrogen-bond donors (Lipinski definition) is 2. The molecule has 1 unspecified atom stereocenters. The molecular weight excluding hydrogens is 273 g/mol. The highest BCUT2D eigenvalue weighted by Crippen LogP contribution is 2.36. The normalized spacial score (nSPS) is 24.6. The van der Waals surface area contributed by atoms with Gasteiger partial charge in [-0.15, -0.1) is 5.10 Å². The molecule has 0 saturated carbocycles. The van der Waals surface area contributed by atoms with Crippen LogP contribution in [0.2, 0.25) is 1.41 Å². The fourth-order valence-corrected chi connectivity index (χ4v) is 2.63. The highest BCUT2D eigenvalue weighted by atomic mass is 19.4. The van der Waals surface area contributed by atoms with Gasteiger partial charge in [0.1, 0.15) is 7.11 Å². The van der Waals surface area contributed by atoms with E-state index in [0.29, 0.717) is 18.9 Å². The molecule has 1 atom stereocenters. The Bertz CT molecular complexity index is 518. The summed E-state index contributed by atoms with van der Waals surface area (Å²) < 4.78 is 44.6. The molecule has 8 heteroatoms. The van der Waals surface area contributed by atoms with Crippen molar-refractivity contribution in [2.45, 2.75) is 18.7 Å². The number of alkyl halides is 3. The number of aliphatic hydroxyl groups excluding tert-OH is 1. The predicted molar refractivity (Wildman–Crippen MR) is 65.2 cm³/mol. The van der Waals surface area contributed by atoms with Crippen LogP contribution in [0.1, 0.15) is 18.2 Å². The third-order valence-corrected chi connectivity index (χ3v) is 3.92. The molecule has 2 N–H and O–H groups in total. The molecule has 2 fully saturated rings. The van der Waals surface area contributed by atoms with E-state index in [9.17, 15) is 13.2 Å². The maximum Gasteiger partial charge on any atom is 0.420 e. The number of aromatic nitrogens is 2. The van der Waals surface area contributed by atoms with E-state index in [1.54, 1.807) is 0 Å². The van der Waals surface area contributed by atoms with Crippen molar-refractivity contribution in [1.29, 1.82) is 0 Å². The summed E-state index contributed by atoms with van der Waals surface area (Å²) in [6.07, 6.45) is -6.40. The summed E-state index contributed by atoms with van der Waals surface area (Å²) >= 11 is 0. The van der Waals surface area contributed by atoms with Gasteiger partial charge in [-0.3, -0.25) is 0 Å². The highest BCUT2D eigenvalue weighted by molar-refractivity contribution is 5.40. The zero-order valence-electron chi connectivity index (χ0n) is 11.6. The fourth-order valence-electron chi connectivity index (χ4n) is 2.63. The van der Waals surface area contributed by atoms with Crippen molar-refractivity contribution in [3.05, 3.63) is 17.8 Å². The van der Waals surface area contributed by atoms with Crippen LogP contribution >= 0.6 is 0 Å². The summed E-state index contributed by atoms with van der Waals surface area (Å²) in [6.45, 7) is 2.91. The van der Waals surface area contributed by atoms with Crippen molar-refractivity contribution in [2.24, 2.45) is 5.41 Å². The van der Waals surface area contributed by atoms with Crippen LogP contribution < -0.4 is 10.2 Å². The van der Waals surface area contributed by atoms with Gasteiger partial charge < -0.3 is 15.3 Å². The van der Waals surface area contributed by atoms with Gasteiger partial charge in [0.2, 0.25) is 0 Å². The lowest BCUT2D eigenvalue weighted by molar-refractivity contribution is -0.208. The zero-order chi connectivity index (χ0) is 15.3. The molecule has 5 nitrogen and oxygen atoms in total. The highest BCUT2D eigenvalue weighted by Gasteiger charge is 2.44. The summed E-state index contributed by atoms with van der Waals surface area (Å²) in [5, 5.41) is 17.9. The molecule has 2 aliphatic rings. The number of halogens is 3. The number of anilines is 1. The molecule has 1 aromatic rings. The summed E-state index contributed by atoms with van der Waals surface area (Å²) in [7, 11) is 0. The van der Waals surface area contributed by atoms with Gasteiger partial charge in [0.15, 0.2) is 11.9 Å². The lowest BCUT2D eigenvalue weighted by atomic mass is 9.81. The van der Waals surface area contributed by atoms with Gasteiger partial charge in [-0.05, 0) is 18.6 Å². The van der Waals surface area contributed by atoms with Crippen molar-refractivity contribution < 1.29 is 19.7 Å². The zero-order valence-corrected chi connectivity index (χ0v) is 10.6. The molecule has 0 aromatic carbocycles. The summed E-state index contributed by atoms with van der Waals surface area (Å²) in [4.78, 5) is 1.96. The van der Waals surface area contributed by atoms with Crippen molar-refractivity contribution in [1.82, 2.24) is 15.5 Å². The molecule has 3 heterocycles. The average molecular weight is 289 g/mol. The number of nitrogens with one attached hydrogen (secondary N) is 1. The Labute approximate surface area is 115 Å². The summed E-state index contributed by atoms with van der Waals surface area (Å²) in [6, 6.07) is 2.61. The van der Waals surface area contributed by atoms with Crippen molar-refractivity contribution >= 4 is 5.82 Å². The van der Waals surface area contributed by atoms with Crippen LogP contribution in [0.25, 0.3) is 0 Å². The average Bonchev–Trinajstić information content (AvgIpc) is 2.82. The van der Waals surface area contributed by atoms with E-state index < -0.39 is 18.0 Å². The van der Waals surface area contributed by atoms with Gasteiger partial charge in [0, 0.05) is 31.6 Å². The van der Waals surface area contributed by atoms with E-state index in [2.05, 4.69) is 10.2 Å². The van der Waals surface area contributed by atoms with Gasteiger partial charge in [-0.1, -0.05) is 0 Å².